The van der Waals surface area contributed by atoms with Crippen molar-refractivity contribution in [3.05, 3.63) is 111 Å². The molecule has 1 atom stereocenters. The van der Waals surface area contributed by atoms with Crippen LogP contribution in [0.4, 0.5) is 0 Å². The molecule has 200 valence electrons. The van der Waals surface area contributed by atoms with Crippen LogP contribution in [0.15, 0.2) is 89.0 Å². The first-order valence-corrected chi connectivity index (χ1v) is 15.1. The number of carbonyl (C=O) groups excluding carboxylic acids is 1. The summed E-state index contributed by atoms with van der Waals surface area (Å²) >= 11 is 14.5. The third-order valence-electron chi connectivity index (χ3n) is 6.58. The van der Waals surface area contributed by atoms with Gasteiger partial charge in [-0.3, -0.25) is 14.2 Å². The molecule has 2 aromatic heterocycles. The summed E-state index contributed by atoms with van der Waals surface area (Å²) in [6, 6.07) is 16.2. The number of rotatable bonds is 6. The number of allylic oxidation sites excluding steroid dienone is 1. The van der Waals surface area contributed by atoms with Crippen LogP contribution in [0.1, 0.15) is 38.1 Å². The number of aromatic nitrogens is 1. The number of amides is 1. The lowest BCUT2D eigenvalue weighted by Gasteiger charge is -2.29. The van der Waals surface area contributed by atoms with Crippen molar-refractivity contribution in [2.24, 2.45) is 4.99 Å². The highest BCUT2D eigenvalue weighted by Crippen LogP contribution is 2.33. The summed E-state index contributed by atoms with van der Waals surface area (Å²) in [6.45, 7) is 6.81. The van der Waals surface area contributed by atoms with Crippen LogP contribution in [0.2, 0.25) is 5.02 Å². The SMILES string of the molecule is CCN(CC)C(=O)C1=C(C)N=c2s/c(=C\c3ccc(-c4cc(Br)ccc4Br)o3)c(=O)n2[C@@H]1c1ccc(Cl)cc1. The van der Waals surface area contributed by atoms with Crippen LogP contribution >= 0.6 is 54.8 Å². The Morgan fingerprint density at radius 2 is 1.85 bits per heavy atom. The molecular weight excluding hydrogens is 666 g/mol. The van der Waals surface area contributed by atoms with E-state index < -0.39 is 6.04 Å². The quantitative estimate of drug-likeness (QED) is 0.231. The van der Waals surface area contributed by atoms with Gasteiger partial charge in [0.1, 0.15) is 11.5 Å². The molecule has 0 fully saturated rings. The predicted molar refractivity (Wildman–Crippen MR) is 163 cm³/mol. The summed E-state index contributed by atoms with van der Waals surface area (Å²) < 4.78 is 10.00. The van der Waals surface area contributed by atoms with Crippen LogP contribution in [0, 0.1) is 0 Å². The Kier molecular flexibility index (Phi) is 8.14. The zero-order valence-corrected chi connectivity index (χ0v) is 26.1. The molecule has 1 aliphatic heterocycles. The third kappa shape index (κ3) is 5.37. The second-order valence-corrected chi connectivity index (χ2v) is 12.2. The zero-order valence-electron chi connectivity index (χ0n) is 21.4. The first-order valence-electron chi connectivity index (χ1n) is 12.3. The molecule has 1 aliphatic rings. The number of halogens is 3. The Bertz CT molecular complexity index is 1780. The van der Waals surface area contributed by atoms with Gasteiger partial charge in [0, 0.05) is 38.7 Å². The number of carbonyl (C=O) groups is 1. The summed E-state index contributed by atoms with van der Waals surface area (Å²) in [6.07, 6.45) is 1.73. The second kappa shape index (κ2) is 11.4. The minimum Gasteiger partial charge on any atom is -0.457 e. The van der Waals surface area contributed by atoms with E-state index in [4.69, 9.17) is 21.0 Å². The molecule has 5 rings (SSSR count). The van der Waals surface area contributed by atoms with E-state index in [9.17, 15) is 9.59 Å². The van der Waals surface area contributed by atoms with Gasteiger partial charge in [-0.1, -0.05) is 66.9 Å². The number of nitrogens with zero attached hydrogens (tertiary/aromatic N) is 3. The van der Waals surface area contributed by atoms with Crippen molar-refractivity contribution in [2.45, 2.75) is 26.8 Å². The monoisotopic (exact) mass is 687 g/mol. The van der Waals surface area contributed by atoms with Crippen molar-refractivity contribution < 1.29 is 9.21 Å². The van der Waals surface area contributed by atoms with E-state index in [-0.39, 0.29) is 11.5 Å². The largest absolute Gasteiger partial charge is 0.457 e. The number of likely N-dealkylation sites (N-methyl/N-ethyl adjacent to an activating group) is 1. The highest BCUT2D eigenvalue weighted by Gasteiger charge is 2.34. The first kappa shape index (κ1) is 27.8. The van der Waals surface area contributed by atoms with Gasteiger partial charge < -0.3 is 9.32 Å². The third-order valence-corrected chi connectivity index (χ3v) is 9.00. The number of hydrogen-bond acceptors (Lipinski definition) is 5. The minimum atomic E-state index is -0.626. The number of thiazole rings is 1. The van der Waals surface area contributed by atoms with Gasteiger partial charge in [0.2, 0.25) is 0 Å². The summed E-state index contributed by atoms with van der Waals surface area (Å²) in [4.78, 5) is 34.5. The zero-order chi connectivity index (χ0) is 27.8. The molecule has 0 aliphatic carbocycles. The molecule has 0 bridgehead atoms. The topological polar surface area (TPSA) is 67.8 Å². The van der Waals surface area contributed by atoms with E-state index >= 15 is 0 Å². The fourth-order valence-corrected chi connectivity index (χ4v) is 6.58. The Hall–Kier alpha value is -2.72. The Morgan fingerprint density at radius 1 is 1.13 bits per heavy atom. The van der Waals surface area contributed by atoms with Gasteiger partial charge in [0.05, 0.1) is 21.8 Å². The van der Waals surface area contributed by atoms with Crippen LogP contribution in [0.3, 0.4) is 0 Å². The van der Waals surface area contributed by atoms with Crippen LogP contribution < -0.4 is 14.9 Å². The highest BCUT2D eigenvalue weighted by atomic mass is 79.9. The molecule has 1 amide bonds. The normalized spacial score (nSPS) is 15.3. The maximum absolute atomic E-state index is 13.9. The van der Waals surface area contributed by atoms with Crippen molar-refractivity contribution in [1.82, 2.24) is 9.47 Å². The summed E-state index contributed by atoms with van der Waals surface area (Å²) in [5, 5.41) is 0.578. The van der Waals surface area contributed by atoms with Gasteiger partial charge in [-0.05, 0) is 68.8 Å². The van der Waals surface area contributed by atoms with E-state index in [1.165, 1.54) is 11.3 Å². The van der Waals surface area contributed by atoms with Crippen molar-refractivity contribution in [1.29, 1.82) is 0 Å². The maximum Gasteiger partial charge on any atom is 0.271 e. The molecule has 0 saturated heterocycles. The van der Waals surface area contributed by atoms with Crippen LogP contribution in [0.5, 0.6) is 0 Å². The van der Waals surface area contributed by atoms with Crippen molar-refractivity contribution in [3.8, 4) is 11.3 Å². The first-order chi connectivity index (χ1) is 18.7. The number of hydrogen-bond donors (Lipinski definition) is 0. The molecule has 0 N–H and O–H groups in total. The highest BCUT2D eigenvalue weighted by molar-refractivity contribution is 9.11. The number of benzene rings is 2. The summed E-state index contributed by atoms with van der Waals surface area (Å²) in [7, 11) is 0. The van der Waals surface area contributed by atoms with E-state index in [2.05, 4.69) is 31.9 Å². The maximum atomic E-state index is 13.9. The fraction of sp³-hybridized carbons (Fsp3) is 0.207. The van der Waals surface area contributed by atoms with E-state index in [1.54, 1.807) is 27.7 Å². The van der Waals surface area contributed by atoms with Crippen molar-refractivity contribution in [3.63, 3.8) is 0 Å². The van der Waals surface area contributed by atoms with Gasteiger partial charge in [-0.2, -0.15) is 0 Å². The number of fused-ring (bicyclic) bond motifs is 1. The van der Waals surface area contributed by atoms with E-state index in [0.29, 0.717) is 50.2 Å². The molecule has 3 heterocycles. The van der Waals surface area contributed by atoms with Crippen molar-refractivity contribution >= 4 is 66.8 Å². The molecule has 0 radical (unpaired) electrons. The standard InChI is InChI=1S/C29H24Br2ClN3O3S/c1-4-34(5-2)28(37)25-16(3)33-29-35(26(25)17-6-9-19(32)10-7-17)27(36)24(39-29)15-20-11-13-23(38-20)21-14-18(30)8-12-22(21)31/h6-15,26H,4-5H2,1-3H3/b24-15-/t26-/m1/s1. The van der Waals surface area contributed by atoms with Crippen molar-refractivity contribution in [2.75, 3.05) is 13.1 Å². The number of furan rings is 1. The second-order valence-electron chi connectivity index (χ2n) is 8.94. The smallest absolute Gasteiger partial charge is 0.271 e. The molecule has 0 spiro atoms. The van der Waals surface area contributed by atoms with Gasteiger partial charge in [-0.25, -0.2) is 4.99 Å². The molecule has 39 heavy (non-hydrogen) atoms. The Labute approximate surface area is 251 Å². The van der Waals surface area contributed by atoms with Crippen LogP contribution in [-0.4, -0.2) is 28.5 Å². The van der Waals surface area contributed by atoms with Crippen LogP contribution in [0.25, 0.3) is 17.4 Å². The molecule has 6 nitrogen and oxygen atoms in total. The molecule has 4 aromatic rings. The Balaban J connectivity index is 1.65. The molecule has 0 unspecified atom stereocenters. The van der Waals surface area contributed by atoms with Gasteiger partial charge in [-0.15, -0.1) is 0 Å². The lowest BCUT2D eigenvalue weighted by atomic mass is 9.94. The molecule has 0 saturated carbocycles. The molecular formula is C29H24Br2ClN3O3S. The fourth-order valence-electron chi connectivity index (χ4n) is 4.63. The van der Waals surface area contributed by atoms with Gasteiger partial charge in [0.15, 0.2) is 4.80 Å². The van der Waals surface area contributed by atoms with Gasteiger partial charge in [0.25, 0.3) is 11.5 Å². The van der Waals surface area contributed by atoms with Crippen LogP contribution in [-0.2, 0) is 4.79 Å². The van der Waals surface area contributed by atoms with E-state index in [1.807, 2.05) is 63.2 Å². The lowest BCUT2D eigenvalue weighted by Crippen LogP contribution is -2.43. The summed E-state index contributed by atoms with van der Waals surface area (Å²) in [5.74, 6) is 1.08. The lowest BCUT2D eigenvalue weighted by molar-refractivity contribution is -0.127. The summed E-state index contributed by atoms with van der Waals surface area (Å²) in [5.41, 5.74) is 2.52. The van der Waals surface area contributed by atoms with Gasteiger partial charge >= 0.3 is 0 Å². The Morgan fingerprint density at radius 3 is 2.54 bits per heavy atom. The molecule has 10 heteroatoms. The average molecular weight is 690 g/mol. The molecule has 2 aromatic carbocycles. The predicted octanol–water partition coefficient (Wildman–Crippen LogP) is 6.54. The average Bonchev–Trinajstić information content (AvgIpc) is 3.50. The minimum absolute atomic E-state index is 0.134. The van der Waals surface area contributed by atoms with E-state index in [0.717, 1.165) is 20.1 Å².